The minimum atomic E-state index is -1.95. The first-order valence-electron chi connectivity index (χ1n) is 16.9. The summed E-state index contributed by atoms with van der Waals surface area (Å²) >= 11 is 0. The lowest BCUT2D eigenvalue weighted by atomic mass is 9.74. The molecule has 0 aromatic heterocycles. The average Bonchev–Trinajstić information content (AvgIpc) is 2.98. The standard InChI is InChI=1S/C35H63NO10/c1-14-25-35(11,42)29(40)21(4)26(37)19(2)18-34(10,43-13)30(22(5)27(38)23(6)31(41)45-25)46-32-28(39)24(17-20(3)44-32)36(12)16-15-33(7,8)9/h19-25,28-30,32,39-40,42H,14-18H2,1-13H3/t19-,20-,21+,22+,23-,24+,25-,28-,29-,30-,32+,34-,35-/m1/s1. The van der Waals surface area contributed by atoms with Crippen LogP contribution in [0.1, 0.15) is 102 Å². The molecule has 3 N–H and O–H groups in total. The van der Waals surface area contributed by atoms with Crippen LogP contribution in [0, 0.1) is 29.1 Å². The third-order valence-corrected chi connectivity index (χ3v) is 10.4. The van der Waals surface area contributed by atoms with E-state index >= 15 is 0 Å². The molecular formula is C35H63NO10. The normalized spacial score (nSPS) is 42.5. The first-order chi connectivity index (χ1) is 21.0. The van der Waals surface area contributed by atoms with Gasteiger partial charge in [0.05, 0.1) is 23.9 Å². The van der Waals surface area contributed by atoms with E-state index in [2.05, 4.69) is 25.7 Å². The summed E-state index contributed by atoms with van der Waals surface area (Å²) in [6, 6.07) is -0.273. The zero-order chi connectivity index (χ0) is 35.5. The van der Waals surface area contributed by atoms with Gasteiger partial charge in [-0.3, -0.25) is 14.4 Å². The predicted molar refractivity (Wildman–Crippen MR) is 174 cm³/mol. The number of ether oxygens (including phenoxy) is 4. The number of nitrogens with zero attached hydrogens (tertiary/aromatic N) is 1. The van der Waals surface area contributed by atoms with Gasteiger partial charge in [-0.05, 0) is 72.4 Å². The van der Waals surface area contributed by atoms with Crippen molar-refractivity contribution in [2.45, 2.75) is 156 Å². The van der Waals surface area contributed by atoms with E-state index in [-0.39, 0.29) is 36.2 Å². The molecule has 2 rings (SSSR count). The summed E-state index contributed by atoms with van der Waals surface area (Å²) in [7, 11) is 3.43. The summed E-state index contributed by atoms with van der Waals surface area (Å²) in [6.07, 6.45) is -4.44. The smallest absolute Gasteiger partial charge is 0.316 e. The molecule has 0 aromatic carbocycles. The van der Waals surface area contributed by atoms with Crippen LogP contribution in [0.4, 0.5) is 0 Å². The molecule has 2 heterocycles. The number of ketones is 2. The van der Waals surface area contributed by atoms with Crippen molar-refractivity contribution in [3.05, 3.63) is 0 Å². The number of cyclic esters (lactones) is 1. The molecule has 0 unspecified atom stereocenters. The molecule has 11 heteroatoms. The molecule has 0 radical (unpaired) electrons. The molecule has 2 aliphatic heterocycles. The number of rotatable bonds is 7. The summed E-state index contributed by atoms with van der Waals surface area (Å²) in [6.45, 7) is 20.3. The van der Waals surface area contributed by atoms with Crippen molar-refractivity contribution < 1.29 is 48.7 Å². The van der Waals surface area contributed by atoms with Gasteiger partial charge in [-0.1, -0.05) is 48.5 Å². The molecule has 0 aliphatic carbocycles. The van der Waals surface area contributed by atoms with Crippen LogP contribution in [0.2, 0.25) is 0 Å². The van der Waals surface area contributed by atoms with Crippen molar-refractivity contribution in [2.24, 2.45) is 29.1 Å². The lowest BCUT2D eigenvalue weighted by Gasteiger charge is -2.47. The van der Waals surface area contributed by atoms with Gasteiger partial charge in [0, 0.05) is 30.9 Å². The van der Waals surface area contributed by atoms with E-state index in [1.165, 1.54) is 27.9 Å². The Morgan fingerprint density at radius 1 is 1.00 bits per heavy atom. The van der Waals surface area contributed by atoms with Gasteiger partial charge in [-0.25, -0.2) is 0 Å². The summed E-state index contributed by atoms with van der Waals surface area (Å²) in [5.41, 5.74) is -3.11. The molecule has 2 aliphatic rings. The highest BCUT2D eigenvalue weighted by atomic mass is 16.7. The van der Waals surface area contributed by atoms with Gasteiger partial charge in [0.15, 0.2) is 12.1 Å². The second-order valence-corrected chi connectivity index (χ2v) is 15.7. The van der Waals surface area contributed by atoms with E-state index in [4.69, 9.17) is 18.9 Å². The Morgan fingerprint density at radius 2 is 1.59 bits per heavy atom. The molecule has 2 fully saturated rings. The Labute approximate surface area is 276 Å². The quantitative estimate of drug-likeness (QED) is 0.272. The molecule has 0 spiro atoms. The van der Waals surface area contributed by atoms with E-state index in [1.54, 1.807) is 27.7 Å². The summed E-state index contributed by atoms with van der Waals surface area (Å²) in [4.78, 5) is 43.1. The highest BCUT2D eigenvalue weighted by Crippen LogP contribution is 2.38. The first kappa shape index (κ1) is 40.7. The van der Waals surface area contributed by atoms with Crippen molar-refractivity contribution >= 4 is 17.5 Å². The van der Waals surface area contributed by atoms with Crippen molar-refractivity contribution in [1.29, 1.82) is 0 Å². The number of hydrogen-bond acceptors (Lipinski definition) is 11. The number of Topliss-reactive ketones (excluding diaryl/α,β-unsaturated/α-hetero) is 2. The van der Waals surface area contributed by atoms with Gasteiger partial charge in [0.25, 0.3) is 0 Å². The fourth-order valence-corrected chi connectivity index (χ4v) is 7.03. The Bertz CT molecular complexity index is 1040. The number of carbonyl (C=O) groups excluding carboxylic acids is 3. The fraction of sp³-hybridized carbons (Fsp3) is 0.914. The second kappa shape index (κ2) is 15.8. The van der Waals surface area contributed by atoms with Crippen LogP contribution in [0.3, 0.4) is 0 Å². The Balaban J connectivity index is 2.57. The molecule has 46 heavy (non-hydrogen) atoms. The zero-order valence-corrected chi connectivity index (χ0v) is 30.5. The summed E-state index contributed by atoms with van der Waals surface area (Å²) in [5.74, 6) is -5.57. The highest BCUT2D eigenvalue weighted by Gasteiger charge is 2.52. The molecule has 0 saturated carbocycles. The molecule has 13 atom stereocenters. The number of aliphatic hydroxyl groups excluding tert-OH is 2. The van der Waals surface area contributed by atoms with Gasteiger partial charge >= 0.3 is 5.97 Å². The van der Waals surface area contributed by atoms with Crippen LogP contribution in [0.25, 0.3) is 0 Å². The number of methoxy groups -OCH3 is 1. The number of carbonyl (C=O) groups is 3. The summed E-state index contributed by atoms with van der Waals surface area (Å²) in [5, 5.41) is 34.1. The summed E-state index contributed by atoms with van der Waals surface area (Å²) < 4.78 is 24.4. The van der Waals surface area contributed by atoms with Crippen molar-refractivity contribution in [2.75, 3.05) is 20.7 Å². The van der Waals surface area contributed by atoms with Crippen LogP contribution < -0.4 is 0 Å². The minimum absolute atomic E-state index is 0.0904. The maximum absolute atomic E-state index is 14.0. The van der Waals surface area contributed by atoms with Crippen molar-refractivity contribution in [3.63, 3.8) is 0 Å². The predicted octanol–water partition coefficient (Wildman–Crippen LogP) is 3.53. The van der Waals surface area contributed by atoms with Crippen LogP contribution in [0.5, 0.6) is 0 Å². The lowest BCUT2D eigenvalue weighted by Crippen LogP contribution is -2.60. The third-order valence-electron chi connectivity index (χ3n) is 10.4. The van der Waals surface area contributed by atoms with Crippen molar-refractivity contribution in [1.82, 2.24) is 4.90 Å². The Kier molecular flexibility index (Phi) is 14.0. The third kappa shape index (κ3) is 9.36. The maximum atomic E-state index is 14.0. The maximum Gasteiger partial charge on any atom is 0.316 e. The van der Waals surface area contributed by atoms with Gasteiger partial charge < -0.3 is 39.2 Å². The Morgan fingerprint density at radius 3 is 2.11 bits per heavy atom. The van der Waals surface area contributed by atoms with E-state index in [0.717, 1.165) is 13.0 Å². The van der Waals surface area contributed by atoms with E-state index in [0.29, 0.717) is 6.42 Å². The zero-order valence-electron chi connectivity index (χ0n) is 30.5. The van der Waals surface area contributed by atoms with Gasteiger partial charge in [0.1, 0.15) is 29.5 Å². The van der Waals surface area contributed by atoms with Crippen LogP contribution in [-0.2, 0) is 33.3 Å². The van der Waals surface area contributed by atoms with Gasteiger partial charge in [0.2, 0.25) is 0 Å². The molecule has 0 bridgehead atoms. The first-order valence-corrected chi connectivity index (χ1v) is 16.9. The Hall–Kier alpha value is -1.47. The molecule has 11 nitrogen and oxygen atoms in total. The fourth-order valence-electron chi connectivity index (χ4n) is 7.03. The van der Waals surface area contributed by atoms with Crippen LogP contribution in [-0.4, -0.2) is 113 Å². The number of esters is 1. The molecule has 268 valence electrons. The van der Waals surface area contributed by atoms with Crippen molar-refractivity contribution in [3.8, 4) is 0 Å². The van der Waals surface area contributed by atoms with E-state index in [1.807, 2.05) is 14.0 Å². The van der Waals surface area contributed by atoms with Crippen LogP contribution in [0.15, 0.2) is 0 Å². The second-order valence-electron chi connectivity index (χ2n) is 15.7. The van der Waals surface area contributed by atoms with Gasteiger partial charge in [-0.2, -0.15) is 0 Å². The highest BCUT2D eigenvalue weighted by molar-refractivity contribution is 6.00. The topological polar surface area (TPSA) is 152 Å². The van der Waals surface area contributed by atoms with Gasteiger partial charge in [-0.15, -0.1) is 0 Å². The molecule has 2 saturated heterocycles. The SMILES string of the molecule is CC[C@H]1OC(=O)[C@H](C)C(=O)[C@H](C)[C@@H](O[C@@H]2O[C@H](C)C[C@H](N(C)CCC(C)(C)C)[C@H]2O)[C@](C)(OC)C[C@@H](C)C(=O)[C@H](C)[C@@H](O)[C@]1(C)O. The average molecular weight is 658 g/mol. The minimum Gasteiger partial charge on any atom is -0.459 e. The van der Waals surface area contributed by atoms with Crippen LogP contribution >= 0.6 is 0 Å². The largest absolute Gasteiger partial charge is 0.459 e. The van der Waals surface area contributed by atoms with E-state index in [9.17, 15) is 29.7 Å². The number of hydrogen-bond donors (Lipinski definition) is 3. The molecular weight excluding hydrogens is 594 g/mol. The lowest BCUT2D eigenvalue weighted by molar-refractivity contribution is -0.296. The molecule has 0 amide bonds. The number of likely N-dealkylation sites (N-methyl/N-ethyl adjacent to an activating group) is 1. The number of aliphatic hydroxyl groups is 3. The van der Waals surface area contributed by atoms with E-state index < -0.39 is 77.3 Å². The monoisotopic (exact) mass is 657 g/mol. The molecule has 0 aromatic rings.